The van der Waals surface area contributed by atoms with Crippen LogP contribution in [-0.4, -0.2) is 24.4 Å². The number of halogens is 1. The third-order valence-corrected chi connectivity index (χ3v) is 3.70. The molecule has 1 aromatic rings. The van der Waals surface area contributed by atoms with E-state index < -0.39 is 0 Å². The van der Waals surface area contributed by atoms with Gasteiger partial charge in [0.2, 0.25) is 0 Å². The van der Waals surface area contributed by atoms with Gasteiger partial charge >= 0.3 is 0 Å². The molecule has 0 atom stereocenters. The van der Waals surface area contributed by atoms with Crippen molar-refractivity contribution in [3.8, 4) is 5.75 Å². The van der Waals surface area contributed by atoms with Gasteiger partial charge in [-0.25, -0.2) is 0 Å². The van der Waals surface area contributed by atoms with Gasteiger partial charge in [-0.2, -0.15) is 11.8 Å². The van der Waals surface area contributed by atoms with E-state index in [1.807, 2.05) is 0 Å². The molecule has 0 aliphatic rings. The van der Waals surface area contributed by atoms with Gasteiger partial charge in [0.1, 0.15) is 11.5 Å². The van der Waals surface area contributed by atoms with Crippen LogP contribution >= 0.6 is 23.4 Å². The Balaban J connectivity index is 2.60. The largest absolute Gasteiger partial charge is 0.496 e. The van der Waals surface area contributed by atoms with Gasteiger partial charge < -0.3 is 4.74 Å². The molecule has 94 valence electrons. The van der Waals surface area contributed by atoms with Crippen LogP contribution in [0.3, 0.4) is 0 Å². The van der Waals surface area contributed by atoms with Crippen LogP contribution in [0.15, 0.2) is 18.2 Å². The molecule has 0 heterocycles. The fourth-order valence-electron chi connectivity index (χ4n) is 1.48. The molecule has 0 unspecified atom stereocenters. The topological polar surface area (TPSA) is 26.3 Å². The SMILES string of the molecule is CCCSCC(=O)Cc1cc(Cl)ccc1OC. The molecule has 0 radical (unpaired) electrons. The van der Waals surface area contributed by atoms with Gasteiger partial charge in [0.15, 0.2) is 0 Å². The molecule has 0 fully saturated rings. The third kappa shape index (κ3) is 5.00. The van der Waals surface area contributed by atoms with Gasteiger partial charge in [-0.15, -0.1) is 0 Å². The van der Waals surface area contributed by atoms with Crippen molar-refractivity contribution < 1.29 is 9.53 Å². The molecule has 0 aromatic heterocycles. The number of thioether (sulfide) groups is 1. The zero-order chi connectivity index (χ0) is 12.7. The molecule has 4 heteroatoms. The summed E-state index contributed by atoms with van der Waals surface area (Å²) in [5, 5.41) is 0.634. The Labute approximate surface area is 112 Å². The first-order valence-corrected chi connectivity index (χ1v) is 7.12. The summed E-state index contributed by atoms with van der Waals surface area (Å²) in [6, 6.07) is 5.35. The fourth-order valence-corrected chi connectivity index (χ4v) is 2.44. The molecule has 1 rings (SSSR count). The monoisotopic (exact) mass is 272 g/mol. The van der Waals surface area contributed by atoms with Crippen LogP contribution in [0.25, 0.3) is 0 Å². The Bertz CT molecular complexity index is 380. The van der Waals surface area contributed by atoms with Gasteiger partial charge in [0.05, 0.1) is 12.9 Å². The van der Waals surface area contributed by atoms with Gasteiger partial charge in [0, 0.05) is 17.0 Å². The zero-order valence-corrected chi connectivity index (χ0v) is 11.7. The van der Waals surface area contributed by atoms with Crippen LogP contribution in [0.5, 0.6) is 5.75 Å². The van der Waals surface area contributed by atoms with Crippen LogP contribution in [-0.2, 0) is 11.2 Å². The smallest absolute Gasteiger partial charge is 0.147 e. The number of benzene rings is 1. The second-order valence-electron chi connectivity index (χ2n) is 3.72. The lowest BCUT2D eigenvalue weighted by molar-refractivity contribution is -0.116. The van der Waals surface area contributed by atoms with Crippen LogP contribution in [0.4, 0.5) is 0 Å². The summed E-state index contributed by atoms with van der Waals surface area (Å²) in [4.78, 5) is 11.7. The predicted molar refractivity (Wildman–Crippen MR) is 74.3 cm³/mol. The minimum absolute atomic E-state index is 0.212. The Hall–Kier alpha value is -0.670. The first-order chi connectivity index (χ1) is 8.17. The summed E-state index contributed by atoms with van der Waals surface area (Å²) in [6.45, 7) is 2.11. The highest BCUT2D eigenvalue weighted by Crippen LogP contribution is 2.23. The first kappa shape index (κ1) is 14.4. The van der Waals surface area contributed by atoms with Gasteiger partial charge in [-0.05, 0) is 30.4 Å². The Morgan fingerprint density at radius 2 is 2.24 bits per heavy atom. The fraction of sp³-hybridized carbons (Fsp3) is 0.462. The lowest BCUT2D eigenvalue weighted by atomic mass is 10.1. The molecule has 0 N–H and O–H groups in total. The number of Topliss-reactive ketones (excluding diaryl/α,β-unsaturated/α-hetero) is 1. The van der Waals surface area contributed by atoms with Crippen molar-refractivity contribution in [2.45, 2.75) is 19.8 Å². The lowest BCUT2D eigenvalue weighted by Crippen LogP contribution is -2.07. The maximum Gasteiger partial charge on any atom is 0.147 e. The van der Waals surface area contributed by atoms with E-state index in [9.17, 15) is 4.79 Å². The molecule has 0 spiro atoms. The maximum absolute atomic E-state index is 11.7. The van der Waals surface area contributed by atoms with E-state index in [0.717, 1.165) is 23.5 Å². The van der Waals surface area contributed by atoms with E-state index in [1.54, 1.807) is 37.1 Å². The van der Waals surface area contributed by atoms with Crippen LogP contribution < -0.4 is 4.74 Å². The minimum Gasteiger partial charge on any atom is -0.496 e. The number of carbonyl (C=O) groups is 1. The standard InChI is InChI=1S/C13H17ClO2S/c1-3-6-17-9-12(15)8-10-7-11(14)4-5-13(10)16-2/h4-5,7H,3,6,8-9H2,1-2H3. The van der Waals surface area contributed by atoms with Crippen molar-refractivity contribution in [1.29, 1.82) is 0 Å². The molecule has 2 nitrogen and oxygen atoms in total. The number of hydrogen-bond acceptors (Lipinski definition) is 3. The first-order valence-electron chi connectivity index (χ1n) is 5.59. The third-order valence-electron chi connectivity index (χ3n) is 2.24. The highest BCUT2D eigenvalue weighted by molar-refractivity contribution is 7.99. The second kappa shape index (κ2) is 7.62. The summed E-state index contributed by atoms with van der Waals surface area (Å²) in [7, 11) is 1.60. The highest BCUT2D eigenvalue weighted by Gasteiger charge is 2.09. The van der Waals surface area contributed by atoms with E-state index in [0.29, 0.717) is 17.2 Å². The molecule has 17 heavy (non-hydrogen) atoms. The Morgan fingerprint density at radius 1 is 1.47 bits per heavy atom. The molecule has 0 aliphatic carbocycles. The average Bonchev–Trinajstić information content (AvgIpc) is 2.29. The number of carbonyl (C=O) groups excluding carboxylic acids is 1. The van der Waals surface area contributed by atoms with Crippen molar-refractivity contribution in [3.05, 3.63) is 28.8 Å². The molecular formula is C13H17ClO2S. The summed E-state index contributed by atoms with van der Waals surface area (Å²) >= 11 is 7.59. The lowest BCUT2D eigenvalue weighted by Gasteiger charge is -2.08. The van der Waals surface area contributed by atoms with E-state index in [4.69, 9.17) is 16.3 Å². The van der Waals surface area contributed by atoms with Crippen LogP contribution in [0, 0.1) is 0 Å². The Morgan fingerprint density at radius 3 is 2.88 bits per heavy atom. The second-order valence-corrected chi connectivity index (χ2v) is 5.27. The Kier molecular flexibility index (Phi) is 6.45. The predicted octanol–water partition coefficient (Wildman–Crippen LogP) is 3.60. The van der Waals surface area contributed by atoms with Crippen molar-refractivity contribution in [1.82, 2.24) is 0 Å². The van der Waals surface area contributed by atoms with Crippen molar-refractivity contribution in [3.63, 3.8) is 0 Å². The van der Waals surface area contributed by atoms with Crippen molar-refractivity contribution in [2.24, 2.45) is 0 Å². The number of methoxy groups -OCH3 is 1. The quantitative estimate of drug-likeness (QED) is 0.710. The van der Waals surface area contributed by atoms with E-state index in [1.165, 1.54) is 0 Å². The molecule has 0 aliphatic heterocycles. The molecule has 1 aromatic carbocycles. The summed E-state index contributed by atoms with van der Waals surface area (Å²) in [5.41, 5.74) is 0.863. The summed E-state index contributed by atoms with van der Waals surface area (Å²) in [5.74, 6) is 2.52. The molecule has 0 bridgehead atoms. The van der Waals surface area contributed by atoms with Crippen molar-refractivity contribution >= 4 is 29.1 Å². The van der Waals surface area contributed by atoms with E-state index in [-0.39, 0.29) is 5.78 Å². The zero-order valence-electron chi connectivity index (χ0n) is 10.2. The number of ketones is 1. The number of rotatable bonds is 7. The van der Waals surface area contributed by atoms with Gasteiger partial charge in [0.25, 0.3) is 0 Å². The summed E-state index contributed by atoms with van der Waals surface area (Å²) in [6.07, 6.45) is 1.49. The van der Waals surface area contributed by atoms with Gasteiger partial charge in [-0.3, -0.25) is 4.79 Å². The molecule has 0 saturated heterocycles. The normalized spacial score (nSPS) is 10.3. The molecule has 0 amide bonds. The van der Waals surface area contributed by atoms with Gasteiger partial charge in [-0.1, -0.05) is 18.5 Å². The van der Waals surface area contributed by atoms with Crippen LogP contribution in [0.1, 0.15) is 18.9 Å². The van der Waals surface area contributed by atoms with E-state index >= 15 is 0 Å². The van der Waals surface area contributed by atoms with Crippen LogP contribution in [0.2, 0.25) is 5.02 Å². The van der Waals surface area contributed by atoms with E-state index in [2.05, 4.69) is 6.92 Å². The average molecular weight is 273 g/mol. The highest BCUT2D eigenvalue weighted by atomic mass is 35.5. The molecule has 0 saturated carbocycles. The minimum atomic E-state index is 0.212. The number of ether oxygens (including phenoxy) is 1. The number of hydrogen-bond donors (Lipinski definition) is 0. The maximum atomic E-state index is 11.7. The van der Waals surface area contributed by atoms with Crippen molar-refractivity contribution in [2.75, 3.05) is 18.6 Å². The molecular weight excluding hydrogens is 256 g/mol. The summed E-state index contributed by atoms with van der Waals surface area (Å²) < 4.78 is 5.21.